The zero-order valence-corrected chi connectivity index (χ0v) is 14.4. The molecule has 0 saturated heterocycles. The van der Waals surface area contributed by atoms with Crippen LogP contribution in [0, 0.1) is 20.8 Å². The molecule has 0 heterocycles. The molecule has 0 spiro atoms. The number of benzene rings is 2. The van der Waals surface area contributed by atoms with Crippen LogP contribution in [0.3, 0.4) is 0 Å². The number of hydrogen-bond acceptors (Lipinski definition) is 3. The van der Waals surface area contributed by atoms with Gasteiger partial charge in [-0.25, -0.2) is 4.79 Å². The van der Waals surface area contributed by atoms with Gasteiger partial charge in [0, 0.05) is 0 Å². The highest BCUT2D eigenvalue weighted by Crippen LogP contribution is 2.22. The third-order valence-corrected chi connectivity index (χ3v) is 3.90. The van der Waals surface area contributed by atoms with Crippen LogP contribution in [-0.2, 0) is 9.36 Å². The Labute approximate surface area is 133 Å². The van der Waals surface area contributed by atoms with Gasteiger partial charge in [-0.2, -0.15) is 0 Å². The van der Waals surface area contributed by atoms with Gasteiger partial charge in [0.2, 0.25) is 5.30 Å². The number of rotatable bonds is 4. The van der Waals surface area contributed by atoms with Gasteiger partial charge < -0.3 is 4.74 Å². The summed E-state index contributed by atoms with van der Waals surface area (Å²) in [5.41, 5.74) is 4.06. The lowest BCUT2D eigenvalue weighted by atomic mass is 10.1. The highest BCUT2D eigenvalue weighted by atomic mass is 31.1. The van der Waals surface area contributed by atoms with Crippen molar-refractivity contribution in [2.75, 3.05) is 6.61 Å². The van der Waals surface area contributed by atoms with E-state index in [1.165, 1.54) is 16.7 Å². The summed E-state index contributed by atoms with van der Waals surface area (Å²) in [5.74, 6) is 0.526. The van der Waals surface area contributed by atoms with E-state index >= 15 is 0 Å². The molecule has 1 atom stereocenters. The van der Waals surface area contributed by atoms with E-state index in [4.69, 9.17) is 4.74 Å². The summed E-state index contributed by atoms with van der Waals surface area (Å²) in [5, 5.41) is 0.467. The van der Waals surface area contributed by atoms with Gasteiger partial charge in [0.25, 0.3) is 0 Å². The van der Waals surface area contributed by atoms with Crippen LogP contribution in [0.25, 0.3) is 0 Å². The van der Waals surface area contributed by atoms with Crippen molar-refractivity contribution in [2.45, 2.75) is 27.7 Å². The van der Waals surface area contributed by atoms with Crippen LogP contribution >= 0.6 is 7.80 Å². The molecule has 2 aromatic carbocycles. The van der Waals surface area contributed by atoms with Crippen LogP contribution < -0.4 is 10.0 Å². The molecule has 0 radical (unpaired) electrons. The highest BCUT2D eigenvalue weighted by Gasteiger charge is 2.23. The van der Waals surface area contributed by atoms with Gasteiger partial charge in [-0.15, -0.1) is 0 Å². The maximum atomic E-state index is 11.2. The minimum atomic E-state index is -1.96. The predicted molar refractivity (Wildman–Crippen MR) is 92.3 cm³/mol. The Morgan fingerprint density at radius 3 is 1.95 bits per heavy atom. The first-order chi connectivity index (χ1) is 10.5. The number of carbonyl (C=O) groups is 1. The van der Waals surface area contributed by atoms with E-state index in [2.05, 4.69) is 39.0 Å². The third-order valence-electron chi connectivity index (χ3n) is 2.86. The van der Waals surface area contributed by atoms with Gasteiger partial charge in [-0.1, -0.05) is 51.6 Å². The van der Waals surface area contributed by atoms with Crippen LogP contribution in [0.1, 0.15) is 23.6 Å². The Morgan fingerprint density at radius 1 is 1.00 bits per heavy atom. The molecule has 116 valence electrons. The van der Waals surface area contributed by atoms with Gasteiger partial charge in [0.05, 0.1) is 6.61 Å². The fourth-order valence-corrected chi connectivity index (χ4v) is 2.88. The molecule has 0 aromatic heterocycles. The maximum absolute atomic E-state index is 11.2. The van der Waals surface area contributed by atoms with Crippen molar-refractivity contribution >= 4 is 19.1 Å². The summed E-state index contributed by atoms with van der Waals surface area (Å²) in [7, 11) is -1.96. The second-order valence-corrected chi connectivity index (χ2v) is 6.34. The van der Waals surface area contributed by atoms with E-state index in [0.717, 1.165) is 0 Å². The summed E-state index contributed by atoms with van der Waals surface area (Å²) in [6.45, 7) is 8.71. The van der Waals surface area contributed by atoms with Gasteiger partial charge in [0.15, 0.2) is 5.75 Å². The van der Waals surface area contributed by atoms with E-state index in [0.29, 0.717) is 23.7 Å². The van der Waals surface area contributed by atoms with Crippen LogP contribution in [0.15, 0.2) is 42.5 Å². The normalized spacial score (nSPS) is 10.3. The summed E-state index contributed by atoms with van der Waals surface area (Å²) >= 11 is 0. The van der Waals surface area contributed by atoms with E-state index in [-0.39, 0.29) is 0 Å². The second-order valence-electron chi connectivity index (χ2n) is 5.00. The SMILES string of the molecule is CCOc1ccccc1[P+](=O)C=O.Cc1cc(C)cc(C)c1. The lowest BCUT2D eigenvalue weighted by Crippen LogP contribution is -2.04. The number of hydrogen-bond donors (Lipinski definition) is 0. The smallest absolute Gasteiger partial charge is 0.453 e. The molecule has 0 amide bonds. The van der Waals surface area contributed by atoms with Gasteiger partial charge in [-0.3, -0.25) is 0 Å². The fraction of sp³-hybridized carbons (Fsp3) is 0.278. The van der Waals surface area contributed by atoms with Crippen LogP contribution in [0.2, 0.25) is 0 Å². The molecule has 3 nitrogen and oxygen atoms in total. The van der Waals surface area contributed by atoms with Crippen molar-refractivity contribution in [1.29, 1.82) is 0 Å². The zero-order chi connectivity index (χ0) is 16.5. The Balaban J connectivity index is 0.000000235. The maximum Gasteiger partial charge on any atom is 0.453 e. The Morgan fingerprint density at radius 2 is 1.50 bits per heavy atom. The van der Waals surface area contributed by atoms with E-state index < -0.39 is 7.80 Å². The minimum absolute atomic E-state index is 0.438. The molecule has 0 aliphatic carbocycles. The lowest BCUT2D eigenvalue weighted by Gasteiger charge is -2.00. The van der Waals surface area contributed by atoms with Gasteiger partial charge in [-0.05, 0) is 39.8 Å². The van der Waals surface area contributed by atoms with Crippen molar-refractivity contribution < 1.29 is 14.1 Å². The van der Waals surface area contributed by atoms with Gasteiger partial charge in [0.1, 0.15) is 0 Å². The number of carbonyl (C=O) groups excluding carboxylic acids is 1. The summed E-state index contributed by atoms with van der Waals surface area (Å²) in [6.07, 6.45) is 0. The number of para-hydroxylation sites is 1. The standard InChI is InChI=1S/C9H10O3P.C9H12/c1-2-12-8-5-3-4-6-9(8)13(11)7-10;1-7-4-8(2)6-9(3)5-7/h3-7H,2H2,1H3;4-6H,1-3H3/q+1;. The van der Waals surface area contributed by atoms with Gasteiger partial charge >= 0.3 is 13.8 Å². The Hall–Kier alpha value is -1.99. The zero-order valence-electron chi connectivity index (χ0n) is 13.5. The third kappa shape index (κ3) is 5.79. The minimum Gasteiger partial charge on any atom is -0.489 e. The molecule has 4 heteroatoms. The lowest BCUT2D eigenvalue weighted by molar-refractivity contribution is 0.343. The quantitative estimate of drug-likeness (QED) is 0.622. The number of aryl methyl sites for hydroxylation is 3. The summed E-state index contributed by atoms with van der Waals surface area (Å²) in [4.78, 5) is 10.3. The van der Waals surface area contributed by atoms with Crippen LogP contribution in [0.4, 0.5) is 0 Å². The van der Waals surface area contributed by atoms with Crippen LogP contribution in [-0.4, -0.2) is 12.6 Å². The Bertz CT molecular complexity index is 600. The molecular weight excluding hydrogens is 295 g/mol. The largest absolute Gasteiger partial charge is 0.489 e. The molecule has 2 rings (SSSR count). The highest BCUT2D eigenvalue weighted by molar-refractivity contribution is 7.68. The monoisotopic (exact) mass is 317 g/mol. The molecule has 22 heavy (non-hydrogen) atoms. The summed E-state index contributed by atoms with van der Waals surface area (Å²) in [6, 6.07) is 13.9. The summed E-state index contributed by atoms with van der Waals surface area (Å²) < 4.78 is 16.4. The molecule has 0 aliphatic heterocycles. The fourth-order valence-electron chi connectivity index (χ4n) is 2.18. The molecule has 0 bridgehead atoms. The van der Waals surface area contributed by atoms with Crippen molar-refractivity contribution in [2.24, 2.45) is 0 Å². The van der Waals surface area contributed by atoms with Crippen molar-refractivity contribution in [1.82, 2.24) is 0 Å². The average molecular weight is 317 g/mol. The first kappa shape index (κ1) is 18.1. The molecular formula is C18H22O3P+. The van der Waals surface area contributed by atoms with E-state index in [9.17, 15) is 9.36 Å². The van der Waals surface area contributed by atoms with Crippen LogP contribution in [0.5, 0.6) is 5.75 Å². The molecule has 0 aliphatic rings. The Kier molecular flexibility index (Phi) is 7.48. The first-order valence-corrected chi connectivity index (χ1v) is 8.49. The molecule has 0 N–H and O–H groups in total. The van der Waals surface area contributed by atoms with Crippen molar-refractivity contribution in [3.63, 3.8) is 0 Å². The van der Waals surface area contributed by atoms with Crippen molar-refractivity contribution in [3.8, 4) is 5.75 Å². The molecule has 0 fully saturated rings. The van der Waals surface area contributed by atoms with E-state index in [1.807, 2.05) is 6.92 Å². The molecule has 0 saturated carbocycles. The van der Waals surface area contributed by atoms with Crippen molar-refractivity contribution in [3.05, 3.63) is 59.2 Å². The number of ether oxygens (including phenoxy) is 1. The average Bonchev–Trinajstić information content (AvgIpc) is 2.46. The predicted octanol–water partition coefficient (Wildman–Crippen LogP) is 4.34. The topological polar surface area (TPSA) is 43.4 Å². The second kappa shape index (κ2) is 9.11. The first-order valence-electron chi connectivity index (χ1n) is 7.16. The molecule has 1 unspecified atom stereocenters. The molecule has 2 aromatic rings. The van der Waals surface area contributed by atoms with E-state index in [1.54, 1.807) is 24.3 Å².